The molecule has 1 aliphatic rings. The number of hydrogen-bond acceptors (Lipinski definition) is 6. The van der Waals surface area contributed by atoms with E-state index in [0.717, 1.165) is 17.0 Å². The van der Waals surface area contributed by atoms with Crippen molar-refractivity contribution in [1.82, 2.24) is 19.2 Å². The summed E-state index contributed by atoms with van der Waals surface area (Å²) in [6, 6.07) is 6.95. The number of anilines is 1. The van der Waals surface area contributed by atoms with E-state index in [9.17, 15) is 13.2 Å². The van der Waals surface area contributed by atoms with Gasteiger partial charge >= 0.3 is 6.03 Å². The van der Waals surface area contributed by atoms with Gasteiger partial charge in [-0.25, -0.2) is 13.2 Å². The summed E-state index contributed by atoms with van der Waals surface area (Å²) in [7, 11) is -3.13. The van der Waals surface area contributed by atoms with Crippen molar-refractivity contribution in [2.75, 3.05) is 36.8 Å². The Kier molecular flexibility index (Phi) is 7.01. The average Bonchev–Trinajstić information content (AvgIpc) is 2.73. The second kappa shape index (κ2) is 9.50. The Hall–Kier alpha value is -2.56. The molecule has 9 nitrogen and oxygen atoms in total. The molecule has 0 bridgehead atoms. The molecule has 1 aliphatic heterocycles. The number of nitrogens with two attached hydrogens (primary N) is 1. The second-order valence-electron chi connectivity index (χ2n) is 7.31. The molecule has 10 heteroatoms. The van der Waals surface area contributed by atoms with Crippen LogP contribution in [0.4, 0.5) is 10.5 Å². The maximum Gasteiger partial charge on any atom is 0.319 e. The lowest BCUT2D eigenvalue weighted by atomic mass is 10.2. The number of hydrogen-bond donors (Lipinski definition) is 1. The van der Waals surface area contributed by atoms with Gasteiger partial charge in [0.05, 0.1) is 29.9 Å². The number of carbonyl (C=O) groups is 1. The number of primary amides is 1. The Morgan fingerprint density at radius 2 is 1.90 bits per heavy atom. The molecule has 1 fully saturated rings. The molecular formula is C20H28N6O3S. The summed E-state index contributed by atoms with van der Waals surface area (Å²) < 4.78 is 25.6. The molecule has 2 aromatic heterocycles. The number of amides is 2. The summed E-state index contributed by atoms with van der Waals surface area (Å²) in [5.41, 5.74) is 8.82. The minimum Gasteiger partial charge on any atom is -0.351 e. The number of pyridine rings is 2. The zero-order chi connectivity index (χ0) is 21.7. The van der Waals surface area contributed by atoms with E-state index in [-0.39, 0.29) is 12.3 Å². The molecule has 0 aliphatic carbocycles. The predicted molar refractivity (Wildman–Crippen MR) is 115 cm³/mol. The molecule has 0 spiro atoms. The average molecular weight is 433 g/mol. The summed E-state index contributed by atoms with van der Waals surface area (Å²) >= 11 is 0. The fourth-order valence-electron chi connectivity index (χ4n) is 3.40. The van der Waals surface area contributed by atoms with Gasteiger partial charge in [0.1, 0.15) is 0 Å². The number of nitrogens with zero attached hydrogens (tertiary/aromatic N) is 5. The van der Waals surface area contributed by atoms with Crippen LogP contribution in [0.3, 0.4) is 0 Å². The van der Waals surface area contributed by atoms with Crippen LogP contribution in [-0.2, 0) is 23.1 Å². The molecule has 2 N–H and O–H groups in total. The number of carbonyl (C=O) groups excluding carboxylic acids is 1. The highest BCUT2D eigenvalue weighted by Gasteiger charge is 2.25. The van der Waals surface area contributed by atoms with Gasteiger partial charge in [-0.1, -0.05) is 0 Å². The minimum atomic E-state index is -3.13. The molecule has 2 amide bonds. The van der Waals surface area contributed by atoms with E-state index in [0.29, 0.717) is 38.4 Å². The number of urea groups is 1. The fraction of sp³-hybridized carbons (Fsp3) is 0.450. The van der Waals surface area contributed by atoms with Crippen LogP contribution in [0, 0.1) is 6.92 Å². The molecule has 0 unspecified atom stereocenters. The molecule has 0 aromatic carbocycles. The van der Waals surface area contributed by atoms with Crippen LogP contribution in [-0.4, -0.2) is 65.6 Å². The fourth-order valence-corrected chi connectivity index (χ4v) is 4.48. The first-order valence-corrected chi connectivity index (χ1v) is 11.5. The van der Waals surface area contributed by atoms with Gasteiger partial charge in [0.25, 0.3) is 0 Å². The highest BCUT2D eigenvalue weighted by atomic mass is 32.2. The zero-order valence-electron chi connectivity index (χ0n) is 17.4. The molecule has 0 saturated carbocycles. The monoisotopic (exact) mass is 432 g/mol. The van der Waals surface area contributed by atoms with E-state index in [1.807, 2.05) is 25.1 Å². The third-order valence-corrected chi connectivity index (χ3v) is 7.05. The van der Waals surface area contributed by atoms with Crippen molar-refractivity contribution in [2.24, 2.45) is 5.73 Å². The lowest BCUT2D eigenvalue weighted by Gasteiger charge is -2.33. The zero-order valence-corrected chi connectivity index (χ0v) is 18.2. The van der Waals surface area contributed by atoms with E-state index < -0.39 is 16.1 Å². The summed E-state index contributed by atoms with van der Waals surface area (Å²) in [4.78, 5) is 24.2. The van der Waals surface area contributed by atoms with Crippen LogP contribution >= 0.6 is 0 Å². The maximum absolute atomic E-state index is 12.0. The van der Waals surface area contributed by atoms with E-state index in [1.54, 1.807) is 29.7 Å². The van der Waals surface area contributed by atoms with Gasteiger partial charge in [-0.15, -0.1) is 0 Å². The van der Waals surface area contributed by atoms with Gasteiger partial charge in [-0.3, -0.25) is 19.8 Å². The first kappa shape index (κ1) is 22.1. The molecule has 0 radical (unpaired) electrons. The quantitative estimate of drug-likeness (QED) is 0.706. The Labute approximate surface area is 177 Å². The van der Waals surface area contributed by atoms with Crippen LogP contribution in [0.5, 0.6) is 0 Å². The first-order valence-electron chi connectivity index (χ1n) is 9.92. The van der Waals surface area contributed by atoms with E-state index in [2.05, 4.69) is 14.9 Å². The van der Waals surface area contributed by atoms with Crippen molar-refractivity contribution < 1.29 is 13.2 Å². The lowest BCUT2D eigenvalue weighted by molar-refractivity contribution is 0.181. The Bertz CT molecular complexity index is 972. The summed E-state index contributed by atoms with van der Waals surface area (Å²) in [5.74, 6) is 0.133. The predicted octanol–water partition coefficient (Wildman–Crippen LogP) is 1.34. The standard InChI is InChI=1S/C20H28N6O3S/c1-3-30(28,29)25-10-8-24(9-11-25)14-17-6-7-22-18(12-17)15-26(20(21)27)19-5-4-16(2)23-13-19/h4-7,12-13H,3,8-11,14-15H2,1-2H3,(H2,21,27). The molecule has 3 heterocycles. The molecule has 2 aromatic rings. The van der Waals surface area contributed by atoms with Gasteiger partial charge in [-0.05, 0) is 43.7 Å². The summed E-state index contributed by atoms with van der Waals surface area (Å²) in [5, 5.41) is 0. The number of aromatic nitrogens is 2. The molecule has 1 saturated heterocycles. The highest BCUT2D eigenvalue weighted by Crippen LogP contribution is 2.17. The van der Waals surface area contributed by atoms with E-state index >= 15 is 0 Å². The molecule has 162 valence electrons. The van der Waals surface area contributed by atoms with Crippen LogP contribution in [0.2, 0.25) is 0 Å². The van der Waals surface area contributed by atoms with Gasteiger partial charge in [0.15, 0.2) is 0 Å². The van der Waals surface area contributed by atoms with E-state index in [4.69, 9.17) is 5.73 Å². The minimum absolute atomic E-state index is 0.133. The Morgan fingerprint density at radius 1 is 1.17 bits per heavy atom. The normalized spacial score (nSPS) is 15.8. The lowest BCUT2D eigenvalue weighted by Crippen LogP contribution is -2.48. The second-order valence-corrected chi connectivity index (χ2v) is 9.57. The maximum atomic E-state index is 12.0. The van der Waals surface area contributed by atoms with Gasteiger partial charge < -0.3 is 5.73 Å². The van der Waals surface area contributed by atoms with Crippen LogP contribution < -0.4 is 10.6 Å². The van der Waals surface area contributed by atoms with Crippen molar-refractivity contribution in [2.45, 2.75) is 26.9 Å². The molecule has 3 rings (SSSR count). The SMILES string of the molecule is CCS(=O)(=O)N1CCN(Cc2ccnc(CN(C(N)=O)c3ccc(C)nc3)c2)CC1. The molecule has 0 atom stereocenters. The summed E-state index contributed by atoms with van der Waals surface area (Å²) in [6.45, 7) is 6.85. The van der Waals surface area contributed by atoms with Crippen molar-refractivity contribution in [1.29, 1.82) is 0 Å². The smallest absolute Gasteiger partial charge is 0.319 e. The van der Waals surface area contributed by atoms with Crippen molar-refractivity contribution in [3.8, 4) is 0 Å². The first-order chi connectivity index (χ1) is 14.3. The summed E-state index contributed by atoms with van der Waals surface area (Å²) in [6.07, 6.45) is 3.34. The van der Waals surface area contributed by atoms with Crippen LogP contribution in [0.1, 0.15) is 23.9 Å². The number of rotatable bonds is 7. The molecule has 30 heavy (non-hydrogen) atoms. The number of piperazine rings is 1. The van der Waals surface area contributed by atoms with E-state index in [1.165, 1.54) is 4.90 Å². The third-order valence-electron chi connectivity index (χ3n) is 5.17. The van der Waals surface area contributed by atoms with Gasteiger partial charge in [0.2, 0.25) is 10.0 Å². The van der Waals surface area contributed by atoms with Crippen molar-refractivity contribution >= 4 is 21.7 Å². The topological polar surface area (TPSA) is 113 Å². The van der Waals surface area contributed by atoms with Crippen LogP contribution in [0.15, 0.2) is 36.7 Å². The van der Waals surface area contributed by atoms with Gasteiger partial charge in [-0.2, -0.15) is 4.31 Å². The highest BCUT2D eigenvalue weighted by molar-refractivity contribution is 7.89. The largest absolute Gasteiger partial charge is 0.351 e. The number of aryl methyl sites for hydroxylation is 1. The Morgan fingerprint density at radius 3 is 2.50 bits per heavy atom. The third kappa shape index (κ3) is 5.53. The number of sulfonamides is 1. The Balaban J connectivity index is 1.64. The van der Waals surface area contributed by atoms with Gasteiger partial charge in [0, 0.05) is 44.6 Å². The van der Waals surface area contributed by atoms with Crippen molar-refractivity contribution in [3.05, 3.63) is 53.6 Å². The molecular weight excluding hydrogens is 404 g/mol. The van der Waals surface area contributed by atoms with Crippen LogP contribution in [0.25, 0.3) is 0 Å². The van der Waals surface area contributed by atoms with Crippen molar-refractivity contribution in [3.63, 3.8) is 0 Å².